The number of amides is 2. The molecule has 15 heteroatoms. The Hall–Kier alpha value is -3.43. The number of benzene rings is 1. The first-order valence-corrected chi connectivity index (χ1v) is 14.2. The van der Waals surface area contributed by atoms with E-state index in [1.165, 1.54) is 22.4 Å². The van der Waals surface area contributed by atoms with Gasteiger partial charge in [-0.05, 0) is 12.1 Å². The molecule has 196 valence electrons. The van der Waals surface area contributed by atoms with Gasteiger partial charge in [0, 0.05) is 24.6 Å². The summed E-state index contributed by atoms with van der Waals surface area (Å²) >= 11 is 2.14. The van der Waals surface area contributed by atoms with Crippen molar-refractivity contribution >= 4 is 67.4 Å². The van der Waals surface area contributed by atoms with Crippen molar-refractivity contribution < 1.29 is 37.4 Å². The predicted octanol–water partition coefficient (Wildman–Crippen LogP) is 0.574. The molecule has 2 amide bonds. The van der Waals surface area contributed by atoms with Crippen molar-refractivity contribution in [2.45, 2.75) is 23.2 Å². The molecule has 4 rings (SSSR count). The van der Waals surface area contributed by atoms with Crippen LogP contribution in [0.1, 0.15) is 12.6 Å². The predicted molar refractivity (Wildman–Crippen MR) is 135 cm³/mol. The van der Waals surface area contributed by atoms with Gasteiger partial charge in [0.2, 0.25) is 15.7 Å². The first-order chi connectivity index (χ1) is 17.4. The van der Waals surface area contributed by atoms with E-state index in [0.29, 0.717) is 0 Å². The Labute approximate surface area is 219 Å². The fraction of sp³-hybridized carbons (Fsp3) is 0.318. The molecular formula is C22H22N4O8S3. The van der Waals surface area contributed by atoms with E-state index in [0.717, 1.165) is 35.4 Å². The maximum Gasteiger partial charge on any atom is 0.315 e. The van der Waals surface area contributed by atoms with E-state index in [1.54, 1.807) is 18.2 Å². The number of hydrogen-bond donors (Lipinski definition) is 3. The lowest BCUT2D eigenvalue weighted by atomic mass is 9.88. The highest BCUT2D eigenvalue weighted by atomic mass is 32.2. The number of carbonyl (C=O) groups excluding carboxylic acids is 3. The van der Waals surface area contributed by atoms with E-state index in [1.807, 2.05) is 0 Å². The van der Waals surface area contributed by atoms with Crippen molar-refractivity contribution in [2.75, 3.05) is 24.6 Å². The number of nitrogen functional groups attached to an aromatic ring is 1. The number of thioether (sulfide) groups is 1. The summed E-state index contributed by atoms with van der Waals surface area (Å²) in [6.07, 6.45) is 0. The zero-order valence-electron chi connectivity index (χ0n) is 19.3. The van der Waals surface area contributed by atoms with Crippen LogP contribution >= 0.6 is 23.1 Å². The average molecular weight is 567 g/mol. The Bertz CT molecular complexity index is 1390. The number of thiazole rings is 1. The SMILES string of the molecule is CC(=O)OCC1(C(=O)O)CS[C@@H]2C(NC(=O)C(=CS(=O)(=O)c3ccccc3)c3csc(N)n3)C(=O)N2C1. The minimum atomic E-state index is -4.05. The summed E-state index contributed by atoms with van der Waals surface area (Å²) in [5, 5.41) is 14.1. The first-order valence-electron chi connectivity index (χ1n) is 10.8. The van der Waals surface area contributed by atoms with Crippen LogP contribution in [0, 0.1) is 5.41 Å². The van der Waals surface area contributed by atoms with Crippen molar-refractivity contribution in [2.24, 2.45) is 5.41 Å². The number of carbonyl (C=O) groups is 4. The molecule has 2 fully saturated rings. The zero-order valence-corrected chi connectivity index (χ0v) is 21.8. The molecule has 0 bridgehead atoms. The molecule has 2 saturated heterocycles. The number of nitrogens with zero attached hydrogens (tertiary/aromatic N) is 2. The largest absolute Gasteiger partial charge is 0.481 e. The van der Waals surface area contributed by atoms with Gasteiger partial charge in [-0.25, -0.2) is 13.4 Å². The Balaban J connectivity index is 1.55. The number of hydrogen-bond acceptors (Lipinski definition) is 11. The van der Waals surface area contributed by atoms with Crippen LogP contribution < -0.4 is 11.1 Å². The van der Waals surface area contributed by atoms with Gasteiger partial charge in [-0.3, -0.25) is 19.2 Å². The third-order valence-electron chi connectivity index (χ3n) is 5.82. The molecule has 3 heterocycles. The second-order valence-corrected chi connectivity index (χ2v) is 12.2. The van der Waals surface area contributed by atoms with Crippen molar-refractivity contribution in [1.82, 2.24) is 15.2 Å². The molecule has 2 aliphatic heterocycles. The lowest BCUT2D eigenvalue weighted by Crippen LogP contribution is -2.74. The van der Waals surface area contributed by atoms with Crippen molar-refractivity contribution in [3.63, 3.8) is 0 Å². The highest BCUT2D eigenvalue weighted by Gasteiger charge is 2.58. The van der Waals surface area contributed by atoms with Gasteiger partial charge in [0.1, 0.15) is 23.4 Å². The molecular weight excluding hydrogens is 544 g/mol. The molecule has 12 nitrogen and oxygen atoms in total. The average Bonchev–Trinajstić information content (AvgIpc) is 3.30. The Kier molecular flexibility index (Phi) is 7.30. The monoisotopic (exact) mass is 566 g/mol. The number of ether oxygens (including phenoxy) is 1. The van der Waals surface area contributed by atoms with Crippen LogP contribution in [0.25, 0.3) is 5.57 Å². The van der Waals surface area contributed by atoms with Gasteiger partial charge in [0.05, 0.1) is 21.6 Å². The summed E-state index contributed by atoms with van der Waals surface area (Å²) in [4.78, 5) is 54.6. The third-order valence-corrected chi connectivity index (χ3v) is 9.56. The van der Waals surface area contributed by atoms with E-state index < -0.39 is 57.0 Å². The lowest BCUT2D eigenvalue weighted by molar-refractivity contribution is -0.164. The molecule has 0 aliphatic carbocycles. The smallest absolute Gasteiger partial charge is 0.315 e. The Morgan fingerprint density at radius 1 is 1.32 bits per heavy atom. The van der Waals surface area contributed by atoms with Gasteiger partial charge >= 0.3 is 11.9 Å². The van der Waals surface area contributed by atoms with Crippen LogP contribution in [0.3, 0.4) is 0 Å². The number of anilines is 1. The second kappa shape index (κ2) is 10.1. The molecule has 0 saturated carbocycles. The van der Waals surface area contributed by atoms with E-state index >= 15 is 0 Å². The molecule has 1 aromatic carbocycles. The number of fused-ring (bicyclic) bond motifs is 1. The minimum absolute atomic E-state index is 0.0319. The lowest BCUT2D eigenvalue weighted by Gasteiger charge is -2.53. The van der Waals surface area contributed by atoms with Crippen LogP contribution in [0.15, 0.2) is 46.0 Å². The van der Waals surface area contributed by atoms with Gasteiger partial charge in [-0.15, -0.1) is 23.1 Å². The summed E-state index contributed by atoms with van der Waals surface area (Å²) in [5.74, 6) is -3.21. The number of nitrogens with one attached hydrogen (secondary N) is 1. The number of rotatable bonds is 8. The standard InChI is InChI=1S/C22H22N4O8S3/c1-12(27)34-10-22(20(30)31)9-26-18(29)16(19(26)36-11-22)25-17(28)14(15-7-35-21(23)24-15)8-37(32,33)13-5-3-2-4-6-13/h2-8,16,19H,9-11H2,1H3,(H2,23,24)(H,25,28)(H,30,31)/t16?,19-,22?/m1/s1. The van der Waals surface area contributed by atoms with E-state index in [-0.39, 0.29) is 33.6 Å². The minimum Gasteiger partial charge on any atom is -0.481 e. The summed E-state index contributed by atoms with van der Waals surface area (Å²) in [7, 11) is -4.05. The summed E-state index contributed by atoms with van der Waals surface area (Å²) < 4.78 is 30.8. The molecule has 3 atom stereocenters. The number of β-lactam (4-membered cyclic amide) rings is 1. The molecule has 1 aromatic heterocycles. The van der Waals surface area contributed by atoms with Crippen molar-refractivity contribution in [3.05, 3.63) is 46.8 Å². The third kappa shape index (κ3) is 5.33. The second-order valence-electron chi connectivity index (χ2n) is 8.45. The topological polar surface area (TPSA) is 186 Å². The van der Waals surface area contributed by atoms with Gasteiger partial charge in [-0.2, -0.15) is 0 Å². The molecule has 4 N–H and O–H groups in total. The van der Waals surface area contributed by atoms with Gasteiger partial charge in [-0.1, -0.05) is 18.2 Å². The maximum absolute atomic E-state index is 13.2. The van der Waals surface area contributed by atoms with Crippen molar-refractivity contribution in [1.29, 1.82) is 0 Å². The molecule has 2 unspecified atom stereocenters. The first kappa shape index (κ1) is 26.6. The number of nitrogens with two attached hydrogens (primary N) is 1. The molecule has 0 spiro atoms. The highest BCUT2D eigenvalue weighted by molar-refractivity contribution is 8.00. The molecule has 2 aliphatic rings. The highest BCUT2D eigenvalue weighted by Crippen LogP contribution is 2.42. The Morgan fingerprint density at radius 3 is 2.62 bits per heavy atom. The van der Waals surface area contributed by atoms with Crippen LogP contribution in [0.5, 0.6) is 0 Å². The summed E-state index contributed by atoms with van der Waals surface area (Å²) in [6, 6.07) is 6.49. The molecule has 2 aromatic rings. The van der Waals surface area contributed by atoms with Gasteiger partial charge < -0.3 is 25.8 Å². The number of aliphatic carboxylic acids is 1. The van der Waals surface area contributed by atoms with Crippen LogP contribution in [-0.4, -0.2) is 77.5 Å². The van der Waals surface area contributed by atoms with Crippen LogP contribution in [-0.2, 0) is 33.8 Å². The Morgan fingerprint density at radius 2 is 2.03 bits per heavy atom. The van der Waals surface area contributed by atoms with Crippen LogP contribution in [0.2, 0.25) is 0 Å². The number of carboxylic acid groups (broad SMARTS) is 1. The van der Waals surface area contributed by atoms with E-state index in [4.69, 9.17) is 10.5 Å². The fourth-order valence-corrected chi connectivity index (χ4v) is 7.14. The van der Waals surface area contributed by atoms with E-state index in [9.17, 15) is 32.7 Å². The number of carboxylic acids is 1. The number of aromatic nitrogens is 1. The summed E-state index contributed by atoms with van der Waals surface area (Å²) in [6.45, 7) is 0.563. The van der Waals surface area contributed by atoms with Gasteiger partial charge in [0.25, 0.3) is 5.91 Å². The molecule has 37 heavy (non-hydrogen) atoms. The zero-order chi connectivity index (χ0) is 27.0. The number of esters is 1. The quantitative estimate of drug-likeness (QED) is 0.230. The van der Waals surface area contributed by atoms with Gasteiger partial charge in [0.15, 0.2) is 5.13 Å². The van der Waals surface area contributed by atoms with Crippen LogP contribution in [0.4, 0.5) is 5.13 Å². The fourth-order valence-electron chi connectivity index (χ4n) is 3.84. The maximum atomic E-state index is 13.2. The number of sulfone groups is 1. The van der Waals surface area contributed by atoms with E-state index in [2.05, 4.69) is 10.3 Å². The normalized spacial score (nSPS) is 23.5. The molecule has 0 radical (unpaired) electrons. The van der Waals surface area contributed by atoms with Crippen molar-refractivity contribution in [3.8, 4) is 0 Å². The summed E-state index contributed by atoms with van der Waals surface area (Å²) in [5.41, 5.74) is 3.95.